The lowest BCUT2D eigenvalue weighted by Crippen LogP contribution is -2.47. The Hall–Kier alpha value is -6.05. The van der Waals surface area contributed by atoms with Crippen LogP contribution in [0.3, 0.4) is 0 Å². The van der Waals surface area contributed by atoms with Crippen molar-refractivity contribution in [3.8, 4) is 28.7 Å². The van der Waals surface area contributed by atoms with Crippen LogP contribution in [0.15, 0.2) is 57.5 Å². The zero-order chi connectivity index (χ0) is 49.5. The molecule has 366 valence electrons. The first-order valence-corrected chi connectivity index (χ1v) is 22.8. The SMILES string of the molecule is COCCN1CCN(c2cc(O)c3nc4c5c6c7c(C)c(O)c5c(=O)c(c-4oc3c2)NC(=O)/C(C)=C\C=C\[C@H](C)[C@H](O)[C@@H](C)[C@@H](O)[C@@H](C)[C@H](OC(C)=O)[C@H](C)[C@@H](OC)/C=C/O[C@@](C)(O7)C6=O)CC1. The van der Waals surface area contributed by atoms with Gasteiger partial charge in [-0.1, -0.05) is 45.9 Å². The first-order chi connectivity index (χ1) is 32.2. The zero-order valence-electron chi connectivity index (χ0n) is 40.1. The van der Waals surface area contributed by atoms with E-state index in [0.29, 0.717) is 25.4 Å². The minimum absolute atomic E-state index is 0.0204. The number of hydrogen-bond donors (Lipinski definition) is 5. The number of phenolic OH excluding ortho intramolecular Hbond substituents is 2. The molecular weight excluding hydrogens is 881 g/mol. The molecular formula is C50H62N4O14. The number of amides is 1. The summed E-state index contributed by atoms with van der Waals surface area (Å²) in [6.07, 6.45) is 3.45. The van der Waals surface area contributed by atoms with E-state index in [1.54, 1.807) is 59.1 Å². The topological polar surface area (TPSA) is 240 Å². The van der Waals surface area contributed by atoms with Crippen molar-refractivity contribution in [2.45, 2.75) is 85.6 Å². The van der Waals surface area contributed by atoms with Gasteiger partial charge in [-0.25, -0.2) is 4.98 Å². The third-order valence-electron chi connectivity index (χ3n) is 13.8. The van der Waals surface area contributed by atoms with Gasteiger partial charge >= 0.3 is 11.8 Å². The minimum atomic E-state index is -2.09. The van der Waals surface area contributed by atoms with Crippen molar-refractivity contribution in [3.05, 3.63) is 69.6 Å². The molecule has 1 fully saturated rings. The molecule has 2 aromatic carbocycles. The maximum atomic E-state index is 14.9. The molecule has 0 aromatic heterocycles. The summed E-state index contributed by atoms with van der Waals surface area (Å²) in [6.45, 7) is 16.6. The Bertz CT molecular complexity index is 2720. The van der Waals surface area contributed by atoms with E-state index >= 15 is 0 Å². The lowest BCUT2D eigenvalue weighted by molar-refractivity contribution is -0.160. The number of aliphatic hydroxyl groups excluding tert-OH is 2. The number of phenols is 2. The molecule has 0 spiro atoms. The molecule has 0 radical (unpaired) electrons. The van der Waals surface area contributed by atoms with Gasteiger partial charge < -0.3 is 58.7 Å². The molecule has 5 aliphatic heterocycles. The van der Waals surface area contributed by atoms with E-state index < -0.39 is 82.7 Å². The van der Waals surface area contributed by atoms with Gasteiger partial charge in [0.15, 0.2) is 11.3 Å². The molecule has 5 bridgehead atoms. The average molecular weight is 943 g/mol. The summed E-state index contributed by atoms with van der Waals surface area (Å²) in [7, 11) is 3.09. The molecule has 2 aromatic rings. The van der Waals surface area contributed by atoms with E-state index in [-0.39, 0.29) is 67.2 Å². The smallest absolute Gasteiger partial charge is 0.312 e. The molecule has 0 unspecified atom stereocenters. The second-order valence-corrected chi connectivity index (χ2v) is 18.4. The molecule has 68 heavy (non-hydrogen) atoms. The highest BCUT2D eigenvalue weighted by molar-refractivity contribution is 6.22. The molecule has 18 heteroatoms. The highest BCUT2D eigenvalue weighted by atomic mass is 16.7. The molecule has 1 saturated heterocycles. The first kappa shape index (κ1) is 49.8. The number of carbonyl (C=O) groups is 3. The summed E-state index contributed by atoms with van der Waals surface area (Å²) < 4.78 is 35.7. The van der Waals surface area contributed by atoms with Crippen LogP contribution < -0.4 is 20.4 Å². The number of piperazine rings is 1. The highest BCUT2D eigenvalue weighted by Crippen LogP contribution is 2.51. The summed E-state index contributed by atoms with van der Waals surface area (Å²) >= 11 is 0. The van der Waals surface area contributed by atoms with Crippen LogP contribution >= 0.6 is 0 Å². The van der Waals surface area contributed by atoms with Crippen molar-refractivity contribution in [3.63, 3.8) is 0 Å². The number of esters is 1. The quantitative estimate of drug-likeness (QED) is 0.0921. The molecule has 0 saturated carbocycles. The van der Waals surface area contributed by atoms with Crippen LogP contribution in [0.25, 0.3) is 33.3 Å². The monoisotopic (exact) mass is 942 g/mol. The molecule has 9 atom stereocenters. The van der Waals surface area contributed by atoms with Crippen LogP contribution in [0.2, 0.25) is 0 Å². The molecule has 5 heterocycles. The van der Waals surface area contributed by atoms with Gasteiger partial charge in [0.05, 0.1) is 42.1 Å². The average Bonchev–Trinajstić information content (AvgIpc) is 3.58. The summed E-state index contributed by atoms with van der Waals surface area (Å²) in [4.78, 5) is 65.3. The number of anilines is 2. The van der Waals surface area contributed by atoms with E-state index in [1.807, 2.05) is 0 Å². The van der Waals surface area contributed by atoms with Crippen LogP contribution in [0.5, 0.6) is 17.2 Å². The third kappa shape index (κ3) is 9.27. The number of ketones is 1. The van der Waals surface area contributed by atoms with Gasteiger partial charge in [0, 0.05) is 119 Å². The Balaban J connectivity index is 1.42. The largest absolute Gasteiger partial charge is 0.507 e. The zero-order valence-corrected chi connectivity index (χ0v) is 40.1. The number of hydrogen-bond acceptors (Lipinski definition) is 17. The Labute approximate surface area is 394 Å². The van der Waals surface area contributed by atoms with Gasteiger partial charge in [-0.05, 0) is 19.9 Å². The van der Waals surface area contributed by atoms with E-state index in [9.17, 15) is 39.6 Å². The number of aliphatic hydroxyl groups is 2. The lowest BCUT2D eigenvalue weighted by Gasteiger charge is -2.38. The van der Waals surface area contributed by atoms with Crippen molar-refractivity contribution >= 4 is 50.9 Å². The second kappa shape index (κ2) is 19.9. The van der Waals surface area contributed by atoms with Crippen LogP contribution in [0.4, 0.5) is 11.4 Å². The molecule has 5 N–H and O–H groups in total. The number of rotatable bonds is 6. The van der Waals surface area contributed by atoms with Crippen LogP contribution in [-0.4, -0.2) is 132 Å². The van der Waals surface area contributed by atoms with E-state index in [4.69, 9.17) is 33.1 Å². The minimum Gasteiger partial charge on any atom is -0.507 e. The van der Waals surface area contributed by atoms with E-state index in [2.05, 4.69) is 15.1 Å². The molecule has 6 aliphatic rings. The number of aromatic hydroxyl groups is 2. The first-order valence-electron chi connectivity index (χ1n) is 22.8. The predicted octanol–water partition coefficient (Wildman–Crippen LogP) is 5.42. The molecule has 1 aliphatic carbocycles. The maximum Gasteiger partial charge on any atom is 0.312 e. The van der Waals surface area contributed by atoms with Crippen molar-refractivity contribution in [1.82, 2.24) is 9.88 Å². The summed E-state index contributed by atoms with van der Waals surface area (Å²) in [5, 5.41) is 48.7. The highest BCUT2D eigenvalue weighted by Gasteiger charge is 2.50. The van der Waals surface area contributed by atoms with E-state index in [1.165, 1.54) is 53.2 Å². The van der Waals surface area contributed by atoms with Crippen LogP contribution in [-0.2, 0) is 28.5 Å². The van der Waals surface area contributed by atoms with Gasteiger partial charge in [-0.15, -0.1) is 0 Å². The number of allylic oxidation sites excluding steroid dienone is 2. The van der Waals surface area contributed by atoms with Crippen LogP contribution in [0.1, 0.15) is 64.4 Å². The third-order valence-corrected chi connectivity index (χ3v) is 13.8. The number of Topliss-reactive ketones (excluding diaryl/α,β-unsaturated/α-hetero) is 1. The van der Waals surface area contributed by atoms with Crippen molar-refractivity contribution in [2.24, 2.45) is 23.7 Å². The number of nitrogens with one attached hydrogen (secondary N) is 1. The fraction of sp³-hybridized carbons (Fsp3) is 0.500. The summed E-state index contributed by atoms with van der Waals surface area (Å²) in [5.74, 6) is -7.89. The number of fused-ring (bicyclic) bond motifs is 14. The van der Waals surface area contributed by atoms with Gasteiger partial charge in [-0.2, -0.15) is 0 Å². The number of methoxy groups -OCH3 is 2. The Kier molecular flexibility index (Phi) is 14.6. The Morgan fingerprint density at radius 3 is 2.32 bits per heavy atom. The molecule has 8 rings (SSSR count). The van der Waals surface area contributed by atoms with Gasteiger partial charge in [0.2, 0.25) is 5.43 Å². The molecule has 1 amide bonds. The lowest BCUT2D eigenvalue weighted by atomic mass is 9.78. The maximum absolute atomic E-state index is 14.9. The van der Waals surface area contributed by atoms with Gasteiger partial charge in [-0.3, -0.25) is 24.1 Å². The predicted molar refractivity (Wildman–Crippen MR) is 253 cm³/mol. The number of carbonyl (C=O) groups excluding carboxylic acids is 3. The van der Waals surface area contributed by atoms with Gasteiger partial charge in [0.1, 0.15) is 40.3 Å². The molecule has 18 nitrogen and oxygen atoms in total. The Morgan fingerprint density at radius 2 is 1.66 bits per heavy atom. The Morgan fingerprint density at radius 1 is 0.956 bits per heavy atom. The summed E-state index contributed by atoms with van der Waals surface area (Å²) in [5.41, 5.74) is -0.746. The standard InChI is InChI=1S/C50H62N4O14/c1-24-12-11-13-25(2)49(62)52-40-44(60)36-35(39-47(40)67-34-23-31(22-32(56)38(34)51-39)54-17-15-53(16-18-54)19-21-63-9)37-46(29(6)43(36)59)68-50(8,48(37)61)65-20-14-33(64-10)26(3)45(66-30(7)55)28(5)42(58)27(4)41(24)57/h11-14,20,22-24,26-28,33,41-42,45,56-59H,15-19,21H2,1-10H3,(H,52,62)/b12-11+,20-14+,25-13-/t24-,26+,27+,28+,33-,41-,42+,45+,50-/m0/s1. The van der Waals surface area contributed by atoms with E-state index in [0.717, 1.165) is 19.6 Å². The number of ether oxygens (including phenoxy) is 5. The van der Waals surface area contributed by atoms with Crippen molar-refractivity contribution in [1.29, 1.82) is 0 Å². The summed E-state index contributed by atoms with van der Waals surface area (Å²) in [6, 6.07) is 3.24. The van der Waals surface area contributed by atoms with Crippen molar-refractivity contribution in [2.75, 3.05) is 63.8 Å². The van der Waals surface area contributed by atoms with Gasteiger partial charge in [0.25, 0.3) is 11.7 Å². The fourth-order valence-electron chi connectivity index (χ4n) is 9.51. The van der Waals surface area contributed by atoms with Crippen molar-refractivity contribution < 1.29 is 62.9 Å². The second-order valence-electron chi connectivity index (χ2n) is 18.4. The normalized spacial score (nSPS) is 29.4. The van der Waals surface area contributed by atoms with Crippen LogP contribution in [0, 0.1) is 30.6 Å². The number of benzene rings is 3. The number of aromatic nitrogens is 1. The number of nitrogens with zero attached hydrogens (tertiary/aromatic N) is 3. The fourth-order valence-corrected chi connectivity index (χ4v) is 9.51.